The number of hydrogen-bond donors (Lipinski definition) is 3. The van der Waals surface area contributed by atoms with Crippen LogP contribution in [0.25, 0.3) is 0 Å². The molecule has 0 radical (unpaired) electrons. The lowest BCUT2D eigenvalue weighted by atomic mass is 10.1. The second kappa shape index (κ2) is 11.2. The molecule has 29 heavy (non-hydrogen) atoms. The van der Waals surface area contributed by atoms with E-state index in [9.17, 15) is 5.11 Å². The molecule has 2 heterocycles. The molecule has 6 nitrogen and oxygen atoms in total. The molecule has 2 aromatic rings. The average molecular weight is 552 g/mol. The molecule has 0 aliphatic carbocycles. The van der Waals surface area contributed by atoms with Crippen LogP contribution in [0.2, 0.25) is 4.34 Å². The highest BCUT2D eigenvalue weighted by molar-refractivity contribution is 14.0. The summed E-state index contributed by atoms with van der Waals surface area (Å²) in [6, 6.07) is 7.66. The van der Waals surface area contributed by atoms with Crippen LogP contribution in [0.1, 0.15) is 36.0 Å². The van der Waals surface area contributed by atoms with Gasteiger partial charge in [-0.1, -0.05) is 11.6 Å². The quantitative estimate of drug-likeness (QED) is 0.274. The first kappa shape index (κ1) is 24.0. The zero-order chi connectivity index (χ0) is 20.1. The van der Waals surface area contributed by atoms with Gasteiger partial charge < -0.3 is 25.2 Å². The Morgan fingerprint density at radius 2 is 2.21 bits per heavy atom. The molecule has 0 saturated carbocycles. The van der Waals surface area contributed by atoms with Gasteiger partial charge in [-0.3, -0.25) is 0 Å². The largest absolute Gasteiger partial charge is 0.496 e. The molecule has 1 aliphatic heterocycles. The van der Waals surface area contributed by atoms with Gasteiger partial charge in [-0.15, -0.1) is 35.3 Å². The molecule has 0 amide bonds. The SMILES string of the molecule is CCNC(=NCc1cc2c(cc1OC)CC(C)O2)NCC(O)c1ccc(Cl)s1.I. The summed E-state index contributed by atoms with van der Waals surface area (Å²) >= 11 is 7.31. The fraction of sp³-hybridized carbons (Fsp3) is 0.450. The molecule has 1 aromatic carbocycles. The van der Waals surface area contributed by atoms with Gasteiger partial charge in [0.15, 0.2) is 5.96 Å². The van der Waals surface area contributed by atoms with Crippen molar-refractivity contribution in [1.82, 2.24) is 10.6 Å². The lowest BCUT2D eigenvalue weighted by Gasteiger charge is -2.15. The number of halogens is 2. The number of guanidine groups is 1. The number of nitrogens with zero attached hydrogens (tertiary/aromatic N) is 1. The van der Waals surface area contributed by atoms with E-state index in [4.69, 9.17) is 21.1 Å². The van der Waals surface area contributed by atoms with Crippen molar-refractivity contribution < 1.29 is 14.6 Å². The number of rotatable bonds is 7. The summed E-state index contributed by atoms with van der Waals surface area (Å²) in [6.45, 7) is 5.55. The monoisotopic (exact) mass is 551 g/mol. The van der Waals surface area contributed by atoms with Gasteiger partial charge in [-0.25, -0.2) is 4.99 Å². The maximum absolute atomic E-state index is 10.3. The summed E-state index contributed by atoms with van der Waals surface area (Å²) in [6.07, 6.45) is 0.430. The zero-order valence-corrected chi connectivity index (χ0v) is 20.6. The van der Waals surface area contributed by atoms with E-state index in [1.807, 2.05) is 25.1 Å². The van der Waals surface area contributed by atoms with Crippen LogP contribution >= 0.6 is 46.9 Å². The molecular weight excluding hydrogens is 525 g/mol. The Kier molecular flexibility index (Phi) is 9.32. The van der Waals surface area contributed by atoms with Gasteiger partial charge in [0.25, 0.3) is 0 Å². The number of fused-ring (bicyclic) bond motifs is 1. The van der Waals surface area contributed by atoms with Crippen molar-refractivity contribution in [3.8, 4) is 11.5 Å². The Morgan fingerprint density at radius 1 is 1.41 bits per heavy atom. The highest BCUT2D eigenvalue weighted by Gasteiger charge is 2.21. The summed E-state index contributed by atoms with van der Waals surface area (Å²) in [4.78, 5) is 5.45. The first-order chi connectivity index (χ1) is 13.5. The molecule has 1 aromatic heterocycles. The molecule has 2 atom stereocenters. The van der Waals surface area contributed by atoms with Gasteiger partial charge in [0, 0.05) is 35.5 Å². The molecule has 0 bridgehead atoms. The van der Waals surface area contributed by atoms with Crippen LogP contribution in [0.3, 0.4) is 0 Å². The number of aliphatic hydroxyl groups is 1. The first-order valence-electron chi connectivity index (χ1n) is 9.32. The van der Waals surface area contributed by atoms with E-state index in [0.29, 0.717) is 29.9 Å². The number of nitrogens with one attached hydrogen (secondary N) is 2. The van der Waals surface area contributed by atoms with E-state index >= 15 is 0 Å². The predicted octanol–water partition coefficient (Wildman–Crippen LogP) is 4.14. The zero-order valence-electron chi connectivity index (χ0n) is 16.7. The average Bonchev–Trinajstić information content (AvgIpc) is 3.27. The maximum atomic E-state index is 10.3. The second-order valence-corrected chi connectivity index (χ2v) is 8.38. The van der Waals surface area contributed by atoms with Crippen molar-refractivity contribution in [2.75, 3.05) is 20.2 Å². The van der Waals surface area contributed by atoms with E-state index in [1.54, 1.807) is 13.2 Å². The number of aliphatic hydroxyl groups excluding tert-OH is 1. The van der Waals surface area contributed by atoms with Crippen LogP contribution in [0.5, 0.6) is 11.5 Å². The minimum Gasteiger partial charge on any atom is -0.496 e. The third kappa shape index (κ3) is 6.37. The van der Waals surface area contributed by atoms with E-state index in [-0.39, 0.29) is 30.1 Å². The number of methoxy groups -OCH3 is 1. The fourth-order valence-electron chi connectivity index (χ4n) is 3.10. The molecule has 0 spiro atoms. The van der Waals surface area contributed by atoms with Crippen LogP contribution in [0.4, 0.5) is 0 Å². The molecule has 3 N–H and O–H groups in total. The van der Waals surface area contributed by atoms with E-state index in [0.717, 1.165) is 28.4 Å². The van der Waals surface area contributed by atoms with Crippen molar-refractivity contribution in [3.05, 3.63) is 44.6 Å². The Hall–Kier alpha value is -1.23. The van der Waals surface area contributed by atoms with Crippen molar-refractivity contribution >= 4 is 52.9 Å². The molecule has 2 unspecified atom stereocenters. The van der Waals surface area contributed by atoms with Gasteiger partial charge in [0.05, 0.1) is 18.0 Å². The summed E-state index contributed by atoms with van der Waals surface area (Å²) in [5.74, 6) is 2.34. The standard InChI is InChI=1S/C20H26ClN3O3S.HI/c1-4-22-20(24-11-15(25)18-5-6-19(21)28-18)23-10-14-9-17-13(7-12(2)27-17)8-16(14)26-3;/h5-6,8-9,12,15,25H,4,7,10-11H2,1-3H3,(H2,22,23,24);1H. The van der Waals surface area contributed by atoms with Crippen LogP contribution in [0, 0.1) is 0 Å². The van der Waals surface area contributed by atoms with E-state index < -0.39 is 6.10 Å². The van der Waals surface area contributed by atoms with Crippen LogP contribution in [-0.4, -0.2) is 37.4 Å². The van der Waals surface area contributed by atoms with Gasteiger partial charge in [0.2, 0.25) is 0 Å². The van der Waals surface area contributed by atoms with Crippen molar-refractivity contribution in [1.29, 1.82) is 0 Å². The topological polar surface area (TPSA) is 75.1 Å². The van der Waals surface area contributed by atoms with Gasteiger partial charge >= 0.3 is 0 Å². The fourth-order valence-corrected chi connectivity index (χ4v) is 4.15. The molecule has 160 valence electrons. The number of aliphatic imine (C=N–C) groups is 1. The third-order valence-corrected chi connectivity index (χ3v) is 5.77. The Morgan fingerprint density at radius 3 is 2.86 bits per heavy atom. The number of benzene rings is 1. The smallest absolute Gasteiger partial charge is 0.191 e. The number of thiophene rings is 1. The molecule has 3 rings (SSSR count). The van der Waals surface area contributed by atoms with Gasteiger partial charge in [-0.2, -0.15) is 0 Å². The predicted molar refractivity (Wildman–Crippen MR) is 129 cm³/mol. The number of hydrogen-bond acceptors (Lipinski definition) is 5. The first-order valence-corrected chi connectivity index (χ1v) is 10.5. The third-order valence-electron chi connectivity index (χ3n) is 4.44. The Bertz CT molecular complexity index is 846. The van der Waals surface area contributed by atoms with Crippen molar-refractivity contribution in [2.24, 2.45) is 4.99 Å². The summed E-state index contributed by atoms with van der Waals surface area (Å²) in [5.41, 5.74) is 2.12. The Balaban J connectivity index is 0.00000300. The summed E-state index contributed by atoms with van der Waals surface area (Å²) < 4.78 is 12.1. The normalized spacial score (nSPS) is 16.4. The minimum atomic E-state index is -0.647. The Labute approximate surface area is 197 Å². The molecule has 1 aliphatic rings. The lowest BCUT2D eigenvalue weighted by molar-refractivity contribution is 0.184. The second-order valence-electron chi connectivity index (χ2n) is 6.64. The molecule has 0 saturated heterocycles. The minimum absolute atomic E-state index is 0. The summed E-state index contributed by atoms with van der Waals surface area (Å²) in [7, 11) is 1.67. The van der Waals surface area contributed by atoms with Crippen LogP contribution < -0.4 is 20.1 Å². The summed E-state index contributed by atoms with van der Waals surface area (Å²) in [5, 5.41) is 16.7. The van der Waals surface area contributed by atoms with Crippen LogP contribution in [-0.2, 0) is 13.0 Å². The van der Waals surface area contributed by atoms with Gasteiger partial charge in [-0.05, 0) is 38.1 Å². The lowest BCUT2D eigenvalue weighted by Crippen LogP contribution is -2.39. The van der Waals surface area contributed by atoms with Gasteiger partial charge in [0.1, 0.15) is 23.7 Å². The van der Waals surface area contributed by atoms with E-state index in [2.05, 4.69) is 22.5 Å². The molecule has 0 fully saturated rings. The highest BCUT2D eigenvalue weighted by Crippen LogP contribution is 2.35. The van der Waals surface area contributed by atoms with Crippen LogP contribution in [0.15, 0.2) is 29.3 Å². The molecule has 9 heteroatoms. The van der Waals surface area contributed by atoms with Crippen molar-refractivity contribution in [2.45, 2.75) is 39.0 Å². The highest BCUT2D eigenvalue weighted by atomic mass is 127. The molecular formula is C20H27ClIN3O3S. The van der Waals surface area contributed by atoms with Crippen molar-refractivity contribution in [3.63, 3.8) is 0 Å². The van der Waals surface area contributed by atoms with E-state index in [1.165, 1.54) is 16.9 Å². The maximum Gasteiger partial charge on any atom is 0.191 e. The number of ether oxygens (including phenoxy) is 2.